The smallest absolute Gasteiger partial charge is 0.118 e. The quantitative estimate of drug-likeness (QED) is 0.920. The average Bonchev–Trinajstić information content (AvgIpc) is 2.53. The van der Waals surface area contributed by atoms with E-state index in [4.69, 9.17) is 15.3 Å². The number of nitrogens with zero attached hydrogens (tertiary/aromatic N) is 2. The molecule has 0 aliphatic rings. The van der Waals surface area contributed by atoms with Crippen molar-refractivity contribution in [1.29, 1.82) is 10.5 Å². The molecule has 0 heterocycles. The zero-order valence-corrected chi connectivity index (χ0v) is 11.1. The molecule has 0 bridgehead atoms. The monoisotopic (exact) mass is 263 g/mol. The maximum absolute atomic E-state index is 8.92. The number of methoxy groups -OCH3 is 1. The van der Waals surface area contributed by atoms with Crippen LogP contribution in [0, 0.1) is 22.7 Å². The third-order valence-electron chi connectivity index (χ3n) is 2.85. The summed E-state index contributed by atoms with van der Waals surface area (Å²) in [5.74, 6) is 0.812. The van der Waals surface area contributed by atoms with Gasteiger partial charge in [0, 0.05) is 12.2 Å². The van der Waals surface area contributed by atoms with Crippen LogP contribution in [0.25, 0.3) is 0 Å². The summed E-state index contributed by atoms with van der Waals surface area (Å²) in [5, 5.41) is 21.1. The SMILES string of the molecule is COc1ccc(CNc2cc(C#N)cc(C#N)c2)cc1. The van der Waals surface area contributed by atoms with E-state index in [2.05, 4.69) is 5.32 Å². The molecule has 2 aromatic carbocycles. The van der Waals surface area contributed by atoms with E-state index in [1.165, 1.54) is 0 Å². The molecular weight excluding hydrogens is 250 g/mol. The van der Waals surface area contributed by atoms with E-state index < -0.39 is 0 Å². The zero-order chi connectivity index (χ0) is 14.4. The van der Waals surface area contributed by atoms with Crippen LogP contribution in [0.4, 0.5) is 5.69 Å². The van der Waals surface area contributed by atoms with Crippen molar-refractivity contribution in [2.24, 2.45) is 0 Å². The number of benzene rings is 2. The van der Waals surface area contributed by atoms with Crippen molar-refractivity contribution in [3.8, 4) is 17.9 Å². The van der Waals surface area contributed by atoms with Crippen LogP contribution in [0.3, 0.4) is 0 Å². The van der Waals surface area contributed by atoms with Gasteiger partial charge in [-0.3, -0.25) is 0 Å². The van der Waals surface area contributed by atoms with Gasteiger partial charge in [0.15, 0.2) is 0 Å². The molecule has 2 rings (SSSR count). The van der Waals surface area contributed by atoms with Crippen LogP contribution in [-0.2, 0) is 6.54 Å². The number of nitriles is 2. The van der Waals surface area contributed by atoms with E-state index in [0.29, 0.717) is 17.7 Å². The summed E-state index contributed by atoms with van der Waals surface area (Å²) in [5.41, 5.74) is 2.80. The number of nitrogens with one attached hydrogen (secondary N) is 1. The average molecular weight is 263 g/mol. The molecule has 0 saturated carbocycles. The summed E-state index contributed by atoms with van der Waals surface area (Å²) < 4.78 is 5.10. The molecule has 0 radical (unpaired) electrons. The van der Waals surface area contributed by atoms with Gasteiger partial charge in [-0.25, -0.2) is 0 Å². The third kappa shape index (κ3) is 3.28. The van der Waals surface area contributed by atoms with Crippen molar-refractivity contribution in [3.63, 3.8) is 0 Å². The first kappa shape index (κ1) is 13.5. The summed E-state index contributed by atoms with van der Waals surface area (Å²) >= 11 is 0. The highest BCUT2D eigenvalue weighted by Crippen LogP contribution is 2.16. The molecule has 0 fully saturated rings. The Kier molecular flexibility index (Phi) is 4.21. The molecule has 2 aromatic rings. The molecule has 4 heteroatoms. The predicted octanol–water partition coefficient (Wildman–Crippen LogP) is 3.05. The molecule has 0 spiro atoms. The predicted molar refractivity (Wildman–Crippen MR) is 76.2 cm³/mol. The van der Waals surface area contributed by atoms with Crippen molar-refractivity contribution < 1.29 is 4.74 Å². The lowest BCUT2D eigenvalue weighted by molar-refractivity contribution is 0.414. The molecule has 0 atom stereocenters. The van der Waals surface area contributed by atoms with Crippen LogP contribution in [0.2, 0.25) is 0 Å². The first-order valence-electron chi connectivity index (χ1n) is 6.07. The van der Waals surface area contributed by atoms with Gasteiger partial charge < -0.3 is 10.1 Å². The maximum Gasteiger partial charge on any atom is 0.118 e. The summed E-state index contributed by atoms with van der Waals surface area (Å²) in [7, 11) is 1.63. The third-order valence-corrected chi connectivity index (χ3v) is 2.85. The van der Waals surface area contributed by atoms with Gasteiger partial charge >= 0.3 is 0 Å². The van der Waals surface area contributed by atoms with Gasteiger partial charge in [0.05, 0.1) is 30.4 Å². The van der Waals surface area contributed by atoms with Gasteiger partial charge in [0.1, 0.15) is 5.75 Å². The van der Waals surface area contributed by atoms with Crippen molar-refractivity contribution in [3.05, 3.63) is 59.2 Å². The standard InChI is InChI=1S/C16H13N3O/c1-20-16-4-2-12(3-5-16)11-19-15-7-13(9-17)6-14(8-15)10-18/h2-8,19H,11H2,1H3. The van der Waals surface area contributed by atoms with E-state index in [1.54, 1.807) is 25.3 Å². The topological polar surface area (TPSA) is 68.8 Å². The Morgan fingerprint density at radius 1 is 1.00 bits per heavy atom. The van der Waals surface area contributed by atoms with Gasteiger partial charge in [-0.1, -0.05) is 12.1 Å². The summed E-state index contributed by atoms with van der Waals surface area (Å²) in [6, 6.07) is 16.8. The summed E-state index contributed by atoms with van der Waals surface area (Å²) in [6.45, 7) is 0.615. The fourth-order valence-electron chi connectivity index (χ4n) is 1.81. The second-order valence-electron chi connectivity index (χ2n) is 4.22. The number of rotatable bonds is 4. The molecule has 1 N–H and O–H groups in total. The highest BCUT2D eigenvalue weighted by molar-refractivity contribution is 5.55. The normalized spacial score (nSPS) is 9.35. The van der Waals surface area contributed by atoms with Crippen LogP contribution in [0.1, 0.15) is 16.7 Å². The Bertz CT molecular complexity index is 646. The van der Waals surface area contributed by atoms with E-state index >= 15 is 0 Å². The maximum atomic E-state index is 8.92. The lowest BCUT2D eigenvalue weighted by Crippen LogP contribution is -2.00. The molecule has 0 saturated heterocycles. The van der Waals surface area contributed by atoms with Crippen LogP contribution in [0.5, 0.6) is 5.75 Å². The van der Waals surface area contributed by atoms with E-state index in [1.807, 2.05) is 36.4 Å². The van der Waals surface area contributed by atoms with Crippen molar-refractivity contribution in [2.45, 2.75) is 6.54 Å². The molecule has 20 heavy (non-hydrogen) atoms. The minimum Gasteiger partial charge on any atom is -0.497 e. The second kappa shape index (κ2) is 6.26. The van der Waals surface area contributed by atoms with Crippen molar-refractivity contribution in [1.82, 2.24) is 0 Å². The Labute approximate surface area is 117 Å². The van der Waals surface area contributed by atoms with Crippen LogP contribution in [0.15, 0.2) is 42.5 Å². The van der Waals surface area contributed by atoms with Crippen LogP contribution < -0.4 is 10.1 Å². The number of ether oxygens (including phenoxy) is 1. The van der Waals surface area contributed by atoms with Crippen LogP contribution >= 0.6 is 0 Å². The van der Waals surface area contributed by atoms with Gasteiger partial charge in [-0.05, 0) is 35.9 Å². The Hall–Kier alpha value is -2.98. The van der Waals surface area contributed by atoms with Gasteiger partial charge in [-0.2, -0.15) is 10.5 Å². The first-order valence-corrected chi connectivity index (χ1v) is 6.07. The number of hydrogen-bond acceptors (Lipinski definition) is 4. The summed E-state index contributed by atoms with van der Waals surface area (Å²) in [4.78, 5) is 0. The van der Waals surface area contributed by atoms with E-state index in [-0.39, 0.29) is 0 Å². The van der Waals surface area contributed by atoms with Crippen LogP contribution in [-0.4, -0.2) is 7.11 Å². The molecule has 0 aliphatic carbocycles. The molecular formula is C16H13N3O. The lowest BCUT2D eigenvalue weighted by atomic mass is 10.1. The van der Waals surface area contributed by atoms with Gasteiger partial charge in [0.25, 0.3) is 0 Å². The molecule has 0 unspecified atom stereocenters. The van der Waals surface area contributed by atoms with Gasteiger partial charge in [0.2, 0.25) is 0 Å². The highest BCUT2D eigenvalue weighted by Gasteiger charge is 2.01. The first-order chi connectivity index (χ1) is 9.75. The second-order valence-corrected chi connectivity index (χ2v) is 4.22. The van der Waals surface area contributed by atoms with Crippen molar-refractivity contribution >= 4 is 5.69 Å². The Balaban J connectivity index is 2.10. The summed E-state index contributed by atoms with van der Waals surface area (Å²) in [6.07, 6.45) is 0. The number of hydrogen-bond donors (Lipinski definition) is 1. The van der Waals surface area contributed by atoms with E-state index in [0.717, 1.165) is 17.0 Å². The zero-order valence-electron chi connectivity index (χ0n) is 11.1. The van der Waals surface area contributed by atoms with Gasteiger partial charge in [-0.15, -0.1) is 0 Å². The lowest BCUT2D eigenvalue weighted by Gasteiger charge is -2.08. The Morgan fingerprint density at radius 3 is 2.10 bits per heavy atom. The largest absolute Gasteiger partial charge is 0.497 e. The highest BCUT2D eigenvalue weighted by atomic mass is 16.5. The molecule has 0 aromatic heterocycles. The van der Waals surface area contributed by atoms with Crippen molar-refractivity contribution in [2.75, 3.05) is 12.4 Å². The minimum absolute atomic E-state index is 0.473. The number of anilines is 1. The fraction of sp³-hybridized carbons (Fsp3) is 0.125. The Morgan fingerprint density at radius 2 is 1.60 bits per heavy atom. The molecule has 0 aliphatic heterocycles. The van der Waals surface area contributed by atoms with E-state index in [9.17, 15) is 0 Å². The molecule has 0 amide bonds. The fourth-order valence-corrected chi connectivity index (χ4v) is 1.81. The molecule has 98 valence electrons. The molecule has 4 nitrogen and oxygen atoms in total. The minimum atomic E-state index is 0.473.